The molecule has 4 rings (SSSR count). The molecule has 1 aromatic carbocycles. The van der Waals surface area contributed by atoms with E-state index in [4.69, 9.17) is 4.74 Å². The molecule has 1 fully saturated rings. The summed E-state index contributed by atoms with van der Waals surface area (Å²) < 4.78 is 31.8. The molecule has 0 bridgehead atoms. The number of ether oxygens (including phenoxy) is 1. The van der Waals surface area contributed by atoms with E-state index in [2.05, 4.69) is 49.7 Å². The Morgan fingerprint density at radius 3 is 2.59 bits per heavy atom. The number of hydrogen-bond donors (Lipinski definition) is 0. The van der Waals surface area contributed by atoms with Crippen LogP contribution in [0.1, 0.15) is 5.56 Å². The minimum Gasteiger partial charge on any atom is -0.496 e. The standard InChI is InChI=1S/C21H24IN5O4S/c1-31-18-11-16(4-3-15(18)12-22)25-7-9-26(10-8-25)20(28)14-27-21-17(13-24-27)19(5-6-23-21)32(2,29)30/h3-6,11,13H,7-10,12,14H2,1-2H3. The molecule has 32 heavy (non-hydrogen) atoms. The van der Waals surface area contributed by atoms with Crippen LogP contribution >= 0.6 is 22.6 Å². The van der Waals surface area contributed by atoms with Crippen LogP contribution in [0.25, 0.3) is 11.0 Å². The molecule has 11 heteroatoms. The highest BCUT2D eigenvalue weighted by Crippen LogP contribution is 2.28. The van der Waals surface area contributed by atoms with E-state index in [9.17, 15) is 13.2 Å². The van der Waals surface area contributed by atoms with Gasteiger partial charge in [0.05, 0.1) is 23.6 Å². The summed E-state index contributed by atoms with van der Waals surface area (Å²) >= 11 is 2.32. The van der Waals surface area contributed by atoms with Gasteiger partial charge in [0, 0.05) is 60.4 Å². The van der Waals surface area contributed by atoms with Crippen molar-refractivity contribution in [1.82, 2.24) is 19.7 Å². The second-order valence-corrected chi connectivity index (χ2v) is 10.4. The van der Waals surface area contributed by atoms with Crippen molar-refractivity contribution >= 4 is 55.1 Å². The molecule has 1 saturated heterocycles. The molecule has 0 atom stereocenters. The Morgan fingerprint density at radius 2 is 1.94 bits per heavy atom. The van der Waals surface area contributed by atoms with Crippen LogP contribution in [0.3, 0.4) is 0 Å². The van der Waals surface area contributed by atoms with Gasteiger partial charge in [-0.15, -0.1) is 0 Å². The number of aromatic nitrogens is 3. The van der Waals surface area contributed by atoms with Crippen molar-refractivity contribution in [2.45, 2.75) is 15.9 Å². The van der Waals surface area contributed by atoms with Gasteiger partial charge in [-0.1, -0.05) is 28.7 Å². The molecule has 9 nitrogen and oxygen atoms in total. The summed E-state index contributed by atoms with van der Waals surface area (Å²) in [6.45, 7) is 2.64. The number of piperazine rings is 1. The zero-order valence-electron chi connectivity index (χ0n) is 17.9. The van der Waals surface area contributed by atoms with Crippen molar-refractivity contribution < 1.29 is 17.9 Å². The third-order valence-electron chi connectivity index (χ3n) is 5.60. The number of nitrogens with zero attached hydrogens (tertiary/aromatic N) is 5. The highest BCUT2D eigenvalue weighted by molar-refractivity contribution is 14.1. The van der Waals surface area contributed by atoms with Crippen LogP contribution in [-0.4, -0.2) is 73.5 Å². The molecule has 3 heterocycles. The van der Waals surface area contributed by atoms with Gasteiger partial charge in [-0.25, -0.2) is 18.1 Å². The molecular formula is C21H24IN5O4S. The maximum atomic E-state index is 12.9. The summed E-state index contributed by atoms with van der Waals surface area (Å²) in [6, 6.07) is 7.67. The zero-order valence-corrected chi connectivity index (χ0v) is 20.8. The number of anilines is 1. The van der Waals surface area contributed by atoms with Gasteiger partial charge in [0.25, 0.3) is 0 Å². The van der Waals surface area contributed by atoms with Gasteiger partial charge in [-0.3, -0.25) is 4.79 Å². The predicted molar refractivity (Wildman–Crippen MR) is 130 cm³/mol. The number of fused-ring (bicyclic) bond motifs is 1. The molecule has 1 aliphatic rings. The average molecular weight is 569 g/mol. The van der Waals surface area contributed by atoms with E-state index in [-0.39, 0.29) is 17.3 Å². The van der Waals surface area contributed by atoms with E-state index >= 15 is 0 Å². The normalized spacial score (nSPS) is 14.7. The second-order valence-electron chi connectivity index (χ2n) is 7.62. The Hall–Kier alpha value is -2.41. The van der Waals surface area contributed by atoms with Gasteiger partial charge >= 0.3 is 0 Å². The highest BCUT2D eigenvalue weighted by atomic mass is 127. The minimum absolute atomic E-state index is 0.0158. The lowest BCUT2D eigenvalue weighted by molar-refractivity contribution is -0.132. The van der Waals surface area contributed by atoms with Gasteiger partial charge in [-0.05, 0) is 12.1 Å². The molecule has 170 valence electrons. The first kappa shape index (κ1) is 22.8. The first-order valence-corrected chi connectivity index (χ1v) is 13.5. The number of carbonyl (C=O) groups is 1. The monoisotopic (exact) mass is 569 g/mol. The largest absolute Gasteiger partial charge is 0.496 e. The second kappa shape index (κ2) is 9.22. The van der Waals surface area contributed by atoms with Gasteiger partial charge in [0.2, 0.25) is 5.91 Å². The lowest BCUT2D eigenvalue weighted by Crippen LogP contribution is -2.49. The third kappa shape index (κ3) is 4.53. The van der Waals surface area contributed by atoms with Crippen molar-refractivity contribution in [2.24, 2.45) is 0 Å². The van der Waals surface area contributed by atoms with Gasteiger partial charge in [-0.2, -0.15) is 5.10 Å². The molecule has 0 radical (unpaired) electrons. The van der Waals surface area contributed by atoms with Crippen molar-refractivity contribution in [3.05, 3.63) is 42.2 Å². The maximum absolute atomic E-state index is 12.9. The minimum atomic E-state index is -3.41. The zero-order chi connectivity index (χ0) is 22.9. The van der Waals surface area contributed by atoms with E-state index < -0.39 is 9.84 Å². The Bertz CT molecular complexity index is 1250. The number of methoxy groups -OCH3 is 1. The summed E-state index contributed by atoms with van der Waals surface area (Å²) in [7, 11) is -1.73. The Balaban J connectivity index is 1.44. The molecular weight excluding hydrogens is 545 g/mol. The Morgan fingerprint density at radius 1 is 1.19 bits per heavy atom. The van der Waals surface area contributed by atoms with Crippen LogP contribution in [-0.2, 0) is 25.6 Å². The van der Waals surface area contributed by atoms with Gasteiger partial charge in [0.15, 0.2) is 15.5 Å². The number of amides is 1. The fourth-order valence-corrected chi connectivity index (χ4v) is 5.36. The van der Waals surface area contributed by atoms with E-state index in [0.717, 1.165) is 40.8 Å². The molecule has 1 aliphatic heterocycles. The molecule has 0 spiro atoms. The summed E-state index contributed by atoms with van der Waals surface area (Å²) in [5.74, 6) is 0.806. The number of halogens is 1. The highest BCUT2D eigenvalue weighted by Gasteiger charge is 2.24. The van der Waals surface area contributed by atoms with Crippen LogP contribution < -0.4 is 9.64 Å². The molecule has 0 N–H and O–H groups in total. The third-order valence-corrected chi connectivity index (χ3v) is 7.57. The van der Waals surface area contributed by atoms with Gasteiger partial charge in [0.1, 0.15) is 12.3 Å². The predicted octanol–water partition coefficient (Wildman–Crippen LogP) is 2.13. The van der Waals surface area contributed by atoms with Crippen LogP contribution in [0.2, 0.25) is 0 Å². The fraction of sp³-hybridized carbons (Fsp3) is 0.381. The number of alkyl halides is 1. The lowest BCUT2D eigenvalue weighted by atomic mass is 10.1. The number of carbonyl (C=O) groups excluding carboxylic acids is 1. The molecule has 0 saturated carbocycles. The molecule has 3 aromatic rings. The van der Waals surface area contributed by atoms with E-state index in [1.807, 2.05) is 6.07 Å². The average Bonchev–Trinajstić information content (AvgIpc) is 3.20. The maximum Gasteiger partial charge on any atom is 0.244 e. The summed E-state index contributed by atoms with van der Waals surface area (Å²) in [5.41, 5.74) is 2.63. The molecule has 0 aliphatic carbocycles. The van der Waals surface area contributed by atoms with Crippen LogP contribution in [0.15, 0.2) is 41.6 Å². The molecule has 1 amide bonds. The Kier molecular flexibility index (Phi) is 6.56. The fourth-order valence-electron chi connectivity index (χ4n) is 3.88. The quantitative estimate of drug-likeness (QED) is 0.332. The first-order valence-electron chi connectivity index (χ1n) is 10.1. The SMILES string of the molecule is COc1cc(N2CCN(C(=O)Cn3ncc4c(S(C)(=O)=O)ccnc43)CC2)ccc1CI. The Labute approximate surface area is 200 Å². The summed E-state index contributed by atoms with van der Waals surface area (Å²) in [5, 5.41) is 4.65. The van der Waals surface area contributed by atoms with Crippen LogP contribution in [0.4, 0.5) is 5.69 Å². The van der Waals surface area contributed by atoms with Crippen LogP contribution in [0.5, 0.6) is 5.75 Å². The van der Waals surface area contributed by atoms with Crippen molar-refractivity contribution in [3.8, 4) is 5.75 Å². The van der Waals surface area contributed by atoms with Crippen LogP contribution in [0, 0.1) is 0 Å². The topological polar surface area (TPSA) is 97.6 Å². The summed E-state index contributed by atoms with van der Waals surface area (Å²) in [4.78, 5) is 21.4. The molecule has 2 aromatic heterocycles. The molecule has 0 unspecified atom stereocenters. The van der Waals surface area contributed by atoms with E-state index in [0.29, 0.717) is 24.1 Å². The number of hydrogen-bond acceptors (Lipinski definition) is 7. The number of rotatable bonds is 6. The van der Waals surface area contributed by atoms with Crippen molar-refractivity contribution in [1.29, 1.82) is 0 Å². The van der Waals surface area contributed by atoms with Gasteiger partial charge < -0.3 is 14.5 Å². The summed E-state index contributed by atoms with van der Waals surface area (Å²) in [6.07, 6.45) is 4.03. The van der Waals surface area contributed by atoms with E-state index in [1.54, 1.807) is 12.0 Å². The van der Waals surface area contributed by atoms with Crippen molar-refractivity contribution in [2.75, 3.05) is 44.4 Å². The van der Waals surface area contributed by atoms with Crippen molar-refractivity contribution in [3.63, 3.8) is 0 Å². The number of sulfone groups is 1. The number of pyridine rings is 1. The smallest absolute Gasteiger partial charge is 0.244 e. The first-order chi connectivity index (χ1) is 15.3. The number of benzene rings is 1. The van der Waals surface area contributed by atoms with E-state index in [1.165, 1.54) is 23.1 Å². The lowest BCUT2D eigenvalue weighted by Gasteiger charge is -2.36.